The summed E-state index contributed by atoms with van der Waals surface area (Å²) in [5.41, 5.74) is 4.25. The summed E-state index contributed by atoms with van der Waals surface area (Å²) in [4.78, 5) is 16.0. The molecular formula is C27H22N2O4S. The van der Waals surface area contributed by atoms with Gasteiger partial charge in [0.05, 0.1) is 11.8 Å². The Bertz CT molecular complexity index is 1680. The monoisotopic (exact) mass is 470 g/mol. The molecule has 7 heteroatoms. The van der Waals surface area contributed by atoms with Crippen LogP contribution in [0, 0.1) is 0 Å². The fourth-order valence-electron chi connectivity index (χ4n) is 6.22. The Morgan fingerprint density at radius 3 is 2.44 bits per heavy atom. The average Bonchev–Trinajstić information content (AvgIpc) is 3.47. The van der Waals surface area contributed by atoms with E-state index in [1.54, 1.807) is 24.1 Å². The number of amides is 1. The van der Waals surface area contributed by atoms with E-state index >= 15 is 0 Å². The molecule has 170 valence electrons. The van der Waals surface area contributed by atoms with Gasteiger partial charge in [-0.15, -0.1) is 0 Å². The molecule has 6 nitrogen and oxygen atoms in total. The summed E-state index contributed by atoms with van der Waals surface area (Å²) in [6.07, 6.45) is 4.15. The topological polar surface area (TPSA) is 68.6 Å². The number of rotatable bonds is 1. The lowest BCUT2D eigenvalue weighted by Gasteiger charge is -2.36. The Balaban J connectivity index is 1.74. The summed E-state index contributed by atoms with van der Waals surface area (Å²) in [6, 6.07) is 19.1. The van der Waals surface area contributed by atoms with Gasteiger partial charge in [0.2, 0.25) is 15.9 Å². The zero-order valence-corrected chi connectivity index (χ0v) is 19.6. The van der Waals surface area contributed by atoms with Gasteiger partial charge < -0.3 is 9.64 Å². The van der Waals surface area contributed by atoms with E-state index in [0.29, 0.717) is 28.1 Å². The zero-order valence-electron chi connectivity index (χ0n) is 18.8. The molecule has 2 aliphatic heterocycles. The molecule has 4 aromatic rings. The molecule has 1 amide bonds. The Morgan fingerprint density at radius 2 is 1.65 bits per heavy atom. The highest BCUT2D eigenvalue weighted by Gasteiger charge is 2.60. The summed E-state index contributed by atoms with van der Waals surface area (Å²) < 4.78 is 34.4. The van der Waals surface area contributed by atoms with Crippen LogP contribution in [0.15, 0.2) is 60.7 Å². The van der Waals surface area contributed by atoms with Crippen molar-refractivity contribution >= 4 is 32.5 Å². The normalized spacial score (nSPS) is 20.3. The molecule has 0 bridgehead atoms. The second kappa shape index (κ2) is 6.30. The highest BCUT2D eigenvalue weighted by Crippen LogP contribution is 2.60. The summed E-state index contributed by atoms with van der Waals surface area (Å²) in [7, 11) is -2.03. The maximum absolute atomic E-state index is 14.4. The molecule has 0 fully saturated rings. The van der Waals surface area contributed by atoms with Crippen molar-refractivity contribution < 1.29 is 17.9 Å². The van der Waals surface area contributed by atoms with E-state index in [2.05, 4.69) is 12.1 Å². The van der Waals surface area contributed by atoms with Crippen LogP contribution in [0.3, 0.4) is 0 Å². The first-order chi connectivity index (χ1) is 16.3. The first kappa shape index (κ1) is 19.9. The van der Waals surface area contributed by atoms with Gasteiger partial charge in [-0.1, -0.05) is 30.3 Å². The van der Waals surface area contributed by atoms with Crippen LogP contribution >= 0.6 is 0 Å². The van der Waals surface area contributed by atoms with E-state index in [0.717, 1.165) is 36.1 Å². The Hall–Kier alpha value is -3.58. The number of aromatic nitrogens is 1. The number of ether oxygens (including phenoxy) is 1. The number of benzene rings is 3. The van der Waals surface area contributed by atoms with Crippen LogP contribution in [0.25, 0.3) is 10.9 Å². The number of nitrogens with zero attached hydrogens (tertiary/aromatic N) is 2. The Kier molecular flexibility index (Phi) is 3.68. The number of aryl methyl sites for hydroxylation is 2. The van der Waals surface area contributed by atoms with Crippen molar-refractivity contribution in [3.05, 3.63) is 88.6 Å². The molecule has 1 spiro atoms. The van der Waals surface area contributed by atoms with Crippen molar-refractivity contribution in [1.82, 2.24) is 3.97 Å². The minimum atomic E-state index is -3.78. The second-order valence-electron chi connectivity index (χ2n) is 9.43. The zero-order chi connectivity index (χ0) is 23.4. The van der Waals surface area contributed by atoms with Gasteiger partial charge in [0, 0.05) is 29.2 Å². The second-order valence-corrected chi connectivity index (χ2v) is 11.3. The lowest BCUT2D eigenvalue weighted by molar-refractivity contribution is -0.120. The summed E-state index contributed by atoms with van der Waals surface area (Å²) in [6.45, 7) is 0. The minimum absolute atomic E-state index is 0.176. The number of para-hydroxylation sites is 2. The van der Waals surface area contributed by atoms with Gasteiger partial charge >= 0.3 is 0 Å². The van der Waals surface area contributed by atoms with E-state index in [9.17, 15) is 13.2 Å². The first-order valence-corrected chi connectivity index (χ1v) is 13.2. The molecule has 3 aromatic carbocycles. The molecule has 3 heterocycles. The van der Waals surface area contributed by atoms with Crippen LogP contribution in [0.4, 0.5) is 5.69 Å². The van der Waals surface area contributed by atoms with E-state index in [1.165, 1.54) is 21.4 Å². The summed E-state index contributed by atoms with van der Waals surface area (Å²) in [5, 5.41) is 0.674. The van der Waals surface area contributed by atoms with Gasteiger partial charge in [-0.3, -0.25) is 4.79 Å². The van der Waals surface area contributed by atoms with Crippen LogP contribution in [0.1, 0.15) is 34.4 Å². The Morgan fingerprint density at radius 1 is 0.941 bits per heavy atom. The molecule has 0 radical (unpaired) electrons. The molecule has 1 aliphatic carbocycles. The number of carbonyl (C=O) groups excluding carboxylic acids is 1. The highest BCUT2D eigenvalue weighted by molar-refractivity contribution is 7.89. The van der Waals surface area contributed by atoms with Crippen molar-refractivity contribution in [2.75, 3.05) is 18.2 Å². The lowest BCUT2D eigenvalue weighted by atomic mass is 9.70. The highest BCUT2D eigenvalue weighted by atomic mass is 32.2. The van der Waals surface area contributed by atoms with Crippen LogP contribution in [0.2, 0.25) is 0 Å². The van der Waals surface area contributed by atoms with Crippen molar-refractivity contribution in [3.8, 4) is 11.5 Å². The SMILES string of the molecule is CN1C(=O)[C@@]2(c3cc4c(cc3Oc3c2n(S(C)(=O)=O)c2ccccc32)CCC4)c2ccccc21. The predicted molar refractivity (Wildman–Crippen MR) is 130 cm³/mol. The van der Waals surface area contributed by atoms with Gasteiger partial charge in [-0.05, 0) is 60.7 Å². The molecule has 34 heavy (non-hydrogen) atoms. The van der Waals surface area contributed by atoms with E-state index in [-0.39, 0.29) is 5.91 Å². The van der Waals surface area contributed by atoms with Crippen LogP contribution in [-0.4, -0.2) is 31.6 Å². The standard InChI is InChI=1S/C27H22N2O4S/c1-28-22-13-6-4-11-19(22)27(26(28)30)20-14-16-8-7-9-17(16)15-23(20)33-24-18-10-3-5-12-21(18)29(25(24)27)34(2,31)32/h3-6,10-15H,7-9H2,1-2H3/t27-/m1/s1. The fourth-order valence-corrected chi connectivity index (χ4v) is 7.29. The largest absolute Gasteiger partial charge is 0.454 e. The van der Waals surface area contributed by atoms with Crippen molar-refractivity contribution in [1.29, 1.82) is 0 Å². The molecule has 0 unspecified atom stereocenters. The summed E-state index contributed by atoms with van der Waals surface area (Å²) >= 11 is 0. The number of carbonyl (C=O) groups is 1. The first-order valence-electron chi connectivity index (χ1n) is 11.4. The van der Waals surface area contributed by atoms with Crippen molar-refractivity contribution in [2.45, 2.75) is 24.7 Å². The van der Waals surface area contributed by atoms with Gasteiger partial charge in [-0.25, -0.2) is 12.4 Å². The smallest absolute Gasteiger partial charge is 0.248 e. The minimum Gasteiger partial charge on any atom is -0.454 e. The number of fused-ring (bicyclic) bond motifs is 9. The van der Waals surface area contributed by atoms with Crippen LogP contribution in [0.5, 0.6) is 11.5 Å². The molecular weight excluding hydrogens is 448 g/mol. The average molecular weight is 471 g/mol. The van der Waals surface area contributed by atoms with Crippen molar-refractivity contribution in [3.63, 3.8) is 0 Å². The van der Waals surface area contributed by atoms with E-state index < -0.39 is 15.4 Å². The summed E-state index contributed by atoms with van der Waals surface area (Å²) in [5.74, 6) is 0.887. The van der Waals surface area contributed by atoms with Gasteiger partial charge in [0.25, 0.3) is 0 Å². The number of hydrogen-bond donors (Lipinski definition) is 0. The third kappa shape index (κ3) is 2.21. The molecule has 1 aromatic heterocycles. The van der Waals surface area contributed by atoms with Crippen molar-refractivity contribution in [2.24, 2.45) is 0 Å². The molecule has 3 aliphatic rings. The molecule has 0 saturated carbocycles. The molecule has 0 N–H and O–H groups in total. The number of hydrogen-bond acceptors (Lipinski definition) is 4. The van der Waals surface area contributed by atoms with E-state index in [4.69, 9.17) is 4.74 Å². The quantitative estimate of drug-likeness (QED) is 0.415. The van der Waals surface area contributed by atoms with Gasteiger partial charge in [-0.2, -0.15) is 0 Å². The van der Waals surface area contributed by atoms with Gasteiger partial charge in [0.1, 0.15) is 16.9 Å². The maximum atomic E-state index is 14.4. The molecule has 1 atom stereocenters. The van der Waals surface area contributed by atoms with Gasteiger partial charge in [0.15, 0.2) is 5.75 Å². The molecule has 0 saturated heterocycles. The molecule has 7 rings (SSSR count). The fraction of sp³-hybridized carbons (Fsp3) is 0.222. The number of likely N-dealkylation sites (N-methyl/N-ethyl adjacent to an activating group) is 1. The number of anilines is 1. The lowest BCUT2D eigenvalue weighted by Crippen LogP contribution is -2.44. The van der Waals surface area contributed by atoms with Crippen LogP contribution < -0.4 is 9.64 Å². The van der Waals surface area contributed by atoms with E-state index in [1.807, 2.05) is 36.4 Å². The predicted octanol–water partition coefficient (Wildman–Crippen LogP) is 4.35. The third-order valence-corrected chi connectivity index (χ3v) is 8.62. The van der Waals surface area contributed by atoms with Crippen LogP contribution in [-0.2, 0) is 33.1 Å². The maximum Gasteiger partial charge on any atom is 0.248 e. The Labute approximate surface area is 197 Å². The third-order valence-electron chi connectivity index (χ3n) is 7.58.